The van der Waals surface area contributed by atoms with E-state index in [2.05, 4.69) is 9.97 Å². The average Bonchev–Trinajstić information content (AvgIpc) is 2.11. The molecule has 0 aliphatic carbocycles. The molecule has 0 bridgehead atoms. The van der Waals surface area contributed by atoms with Crippen LogP contribution in [0.1, 0.15) is 33.4 Å². The van der Waals surface area contributed by atoms with Crippen molar-refractivity contribution in [1.82, 2.24) is 9.97 Å². The van der Waals surface area contributed by atoms with Crippen molar-refractivity contribution < 1.29 is 4.39 Å². The van der Waals surface area contributed by atoms with E-state index in [1.807, 2.05) is 27.7 Å². The van der Waals surface area contributed by atoms with Crippen molar-refractivity contribution in [3.05, 3.63) is 24.0 Å². The smallest absolute Gasteiger partial charge is 0.231 e. The second kappa shape index (κ2) is 10.0. The van der Waals surface area contributed by atoms with Gasteiger partial charge >= 0.3 is 0 Å². The van der Waals surface area contributed by atoms with E-state index in [4.69, 9.17) is 0 Å². The fourth-order valence-electron chi connectivity index (χ4n) is 0.433. The van der Waals surface area contributed by atoms with Crippen LogP contribution < -0.4 is 0 Å². The van der Waals surface area contributed by atoms with Crippen LogP contribution in [-0.4, -0.2) is 9.97 Å². The summed E-state index contributed by atoms with van der Waals surface area (Å²) in [5, 5.41) is 0. The highest BCUT2D eigenvalue weighted by molar-refractivity contribution is 4.90. The molecule has 0 aliphatic rings. The number of halogens is 1. The number of aromatic nitrogens is 2. The van der Waals surface area contributed by atoms with E-state index in [0.717, 1.165) is 6.20 Å². The summed E-state index contributed by atoms with van der Waals surface area (Å²) >= 11 is 0. The van der Waals surface area contributed by atoms with Crippen LogP contribution in [0.5, 0.6) is 0 Å². The summed E-state index contributed by atoms with van der Waals surface area (Å²) in [5.41, 5.74) is 0.602. The van der Waals surface area contributed by atoms with Crippen molar-refractivity contribution >= 4 is 0 Å². The summed E-state index contributed by atoms with van der Waals surface area (Å²) in [4.78, 5) is 6.99. The molecule has 0 saturated heterocycles. The maximum absolute atomic E-state index is 12.0. The maximum atomic E-state index is 12.0. The Kier molecular flexibility index (Phi) is 11.3. The second-order valence-corrected chi connectivity index (χ2v) is 1.48. The van der Waals surface area contributed by atoms with E-state index in [9.17, 15) is 4.39 Å². The molecule has 12 heavy (non-hydrogen) atoms. The van der Waals surface area contributed by atoms with E-state index >= 15 is 0 Å². The number of nitrogens with zero attached hydrogens (tertiary/aromatic N) is 2. The Morgan fingerprint density at radius 2 is 1.58 bits per heavy atom. The van der Waals surface area contributed by atoms with Crippen LogP contribution in [0.2, 0.25) is 0 Å². The Morgan fingerprint density at radius 1 is 1.08 bits per heavy atom. The third kappa shape index (κ3) is 7.12. The summed E-state index contributed by atoms with van der Waals surface area (Å²) in [7, 11) is 0. The molecule has 3 heteroatoms. The van der Waals surface area contributed by atoms with Gasteiger partial charge in [-0.25, -0.2) is 4.98 Å². The van der Waals surface area contributed by atoms with Gasteiger partial charge in [-0.15, -0.1) is 0 Å². The van der Waals surface area contributed by atoms with E-state index in [1.165, 1.54) is 6.20 Å². The van der Waals surface area contributed by atoms with Crippen molar-refractivity contribution in [3.8, 4) is 0 Å². The van der Waals surface area contributed by atoms with Crippen molar-refractivity contribution in [2.45, 2.75) is 34.6 Å². The van der Waals surface area contributed by atoms with Crippen LogP contribution in [0.25, 0.3) is 0 Å². The molecule has 2 nitrogen and oxygen atoms in total. The molecule has 1 rings (SSSR count). The number of rotatable bonds is 0. The van der Waals surface area contributed by atoms with Crippen molar-refractivity contribution in [2.24, 2.45) is 0 Å². The van der Waals surface area contributed by atoms with Gasteiger partial charge in [0, 0.05) is 6.20 Å². The molecular formula is C9H17FN2. The van der Waals surface area contributed by atoms with Crippen LogP contribution in [-0.2, 0) is 0 Å². The van der Waals surface area contributed by atoms with E-state index in [0.29, 0.717) is 5.69 Å². The SMILES string of the molecule is CC.CC.Cc1cncc(F)n1. The first-order valence-electron chi connectivity index (χ1n) is 4.23. The summed E-state index contributed by atoms with van der Waals surface area (Å²) in [6, 6.07) is 0. The third-order valence-corrected chi connectivity index (χ3v) is 0.726. The van der Waals surface area contributed by atoms with Gasteiger partial charge in [0.15, 0.2) is 0 Å². The molecule has 0 fully saturated rings. The highest BCUT2D eigenvalue weighted by Gasteiger charge is 1.87. The minimum Gasteiger partial charge on any atom is -0.258 e. The lowest BCUT2D eigenvalue weighted by atomic mass is 10.5. The normalized spacial score (nSPS) is 7.17. The Morgan fingerprint density at radius 3 is 1.83 bits per heavy atom. The molecule has 0 unspecified atom stereocenters. The van der Waals surface area contributed by atoms with Gasteiger partial charge in [0.2, 0.25) is 5.95 Å². The van der Waals surface area contributed by atoms with Crippen molar-refractivity contribution in [1.29, 1.82) is 0 Å². The van der Waals surface area contributed by atoms with Gasteiger partial charge in [-0.3, -0.25) is 4.98 Å². The Labute approximate surface area is 73.9 Å². The largest absolute Gasteiger partial charge is 0.258 e. The fourth-order valence-corrected chi connectivity index (χ4v) is 0.433. The lowest BCUT2D eigenvalue weighted by Crippen LogP contribution is -1.86. The molecule has 0 spiro atoms. The standard InChI is InChI=1S/C5H5FN2.2C2H6/c1-4-2-7-3-5(6)8-4;2*1-2/h2-3H,1H3;2*1-2H3. The average molecular weight is 172 g/mol. The van der Waals surface area contributed by atoms with Crippen LogP contribution >= 0.6 is 0 Å². The highest BCUT2D eigenvalue weighted by atomic mass is 19.1. The van der Waals surface area contributed by atoms with Crippen LogP contribution in [0, 0.1) is 12.9 Å². The van der Waals surface area contributed by atoms with E-state index < -0.39 is 5.95 Å². The predicted octanol–water partition coefficient (Wildman–Crippen LogP) is 2.98. The fraction of sp³-hybridized carbons (Fsp3) is 0.556. The van der Waals surface area contributed by atoms with Gasteiger partial charge in [0.1, 0.15) is 0 Å². The highest BCUT2D eigenvalue weighted by Crippen LogP contribution is 1.89. The monoisotopic (exact) mass is 172 g/mol. The lowest BCUT2D eigenvalue weighted by Gasteiger charge is -1.86. The summed E-state index contributed by atoms with van der Waals surface area (Å²) in [6.45, 7) is 9.69. The number of hydrogen-bond donors (Lipinski definition) is 0. The van der Waals surface area contributed by atoms with Crippen molar-refractivity contribution in [2.75, 3.05) is 0 Å². The van der Waals surface area contributed by atoms with Crippen LogP contribution in [0.4, 0.5) is 4.39 Å². The van der Waals surface area contributed by atoms with Gasteiger partial charge in [0.05, 0.1) is 11.9 Å². The minimum atomic E-state index is -0.523. The molecule has 1 heterocycles. The molecule has 1 aromatic heterocycles. The molecule has 0 saturated carbocycles. The first-order valence-corrected chi connectivity index (χ1v) is 4.23. The van der Waals surface area contributed by atoms with Crippen LogP contribution in [0.3, 0.4) is 0 Å². The molecule has 0 N–H and O–H groups in total. The Hall–Kier alpha value is -0.990. The molecular weight excluding hydrogens is 155 g/mol. The minimum absolute atomic E-state index is 0.523. The maximum Gasteiger partial charge on any atom is 0.231 e. The van der Waals surface area contributed by atoms with Gasteiger partial charge < -0.3 is 0 Å². The van der Waals surface area contributed by atoms with Gasteiger partial charge in [0.25, 0.3) is 0 Å². The Bertz CT molecular complexity index is 172. The molecule has 1 aromatic rings. The second-order valence-electron chi connectivity index (χ2n) is 1.48. The van der Waals surface area contributed by atoms with Crippen molar-refractivity contribution in [3.63, 3.8) is 0 Å². The quantitative estimate of drug-likeness (QED) is 0.601. The zero-order chi connectivity index (χ0) is 9.98. The molecule has 0 radical (unpaired) electrons. The molecule has 0 aliphatic heterocycles. The molecule has 0 atom stereocenters. The molecule has 70 valence electrons. The van der Waals surface area contributed by atoms with E-state index in [1.54, 1.807) is 6.92 Å². The third-order valence-electron chi connectivity index (χ3n) is 0.726. The number of hydrogen-bond acceptors (Lipinski definition) is 2. The van der Waals surface area contributed by atoms with Gasteiger partial charge in [-0.2, -0.15) is 4.39 Å². The van der Waals surface area contributed by atoms with Gasteiger partial charge in [-0.05, 0) is 6.92 Å². The first-order chi connectivity index (χ1) is 5.79. The summed E-state index contributed by atoms with van der Waals surface area (Å²) in [6.07, 6.45) is 2.58. The lowest BCUT2D eigenvalue weighted by molar-refractivity contribution is 0.572. The molecule has 0 aromatic carbocycles. The molecule has 0 amide bonds. The number of aryl methyl sites for hydroxylation is 1. The Balaban J connectivity index is 0. The topological polar surface area (TPSA) is 25.8 Å². The van der Waals surface area contributed by atoms with Gasteiger partial charge in [-0.1, -0.05) is 27.7 Å². The first kappa shape index (κ1) is 13.6. The summed E-state index contributed by atoms with van der Waals surface area (Å²) in [5.74, 6) is -0.523. The zero-order valence-electron chi connectivity index (χ0n) is 8.43. The van der Waals surface area contributed by atoms with Crippen LogP contribution in [0.15, 0.2) is 12.4 Å². The summed E-state index contributed by atoms with van der Waals surface area (Å²) < 4.78 is 12.0. The predicted molar refractivity (Wildman–Crippen MR) is 49.4 cm³/mol. The van der Waals surface area contributed by atoms with E-state index in [-0.39, 0.29) is 0 Å². The zero-order valence-corrected chi connectivity index (χ0v) is 8.43.